The second-order valence-electron chi connectivity index (χ2n) is 5.69. The summed E-state index contributed by atoms with van der Waals surface area (Å²) in [4.78, 5) is 32.3. The first-order chi connectivity index (χ1) is 10.1. The Morgan fingerprint density at radius 1 is 1.38 bits per heavy atom. The van der Waals surface area contributed by atoms with Gasteiger partial charge in [0, 0.05) is 25.2 Å². The van der Waals surface area contributed by atoms with E-state index in [9.17, 15) is 9.59 Å². The minimum absolute atomic E-state index is 0.0509. The summed E-state index contributed by atoms with van der Waals surface area (Å²) in [6.07, 6.45) is 1.93. The van der Waals surface area contributed by atoms with E-state index in [2.05, 4.69) is 10.3 Å². The van der Waals surface area contributed by atoms with Crippen LogP contribution in [0.15, 0.2) is 23.2 Å². The lowest BCUT2D eigenvalue weighted by molar-refractivity contribution is -0.117. The molecule has 6 nitrogen and oxygen atoms in total. The Kier molecular flexibility index (Phi) is 2.54. The first kappa shape index (κ1) is 12.4. The zero-order chi connectivity index (χ0) is 14.6. The lowest BCUT2D eigenvalue weighted by atomic mass is 10.1. The third-order valence-electron chi connectivity index (χ3n) is 4.16. The van der Waals surface area contributed by atoms with Crippen molar-refractivity contribution >= 4 is 29.1 Å². The Morgan fingerprint density at radius 3 is 2.95 bits per heavy atom. The van der Waals surface area contributed by atoms with Crippen LogP contribution in [0.1, 0.15) is 23.2 Å². The summed E-state index contributed by atoms with van der Waals surface area (Å²) >= 11 is 0. The van der Waals surface area contributed by atoms with E-state index in [0.717, 1.165) is 25.1 Å². The Balaban J connectivity index is 1.69. The van der Waals surface area contributed by atoms with Gasteiger partial charge in [-0.05, 0) is 31.0 Å². The molecule has 6 heteroatoms. The average molecular weight is 284 g/mol. The van der Waals surface area contributed by atoms with Gasteiger partial charge in [0.25, 0.3) is 5.91 Å². The highest BCUT2D eigenvalue weighted by Crippen LogP contribution is 2.33. The van der Waals surface area contributed by atoms with Crippen LogP contribution in [0.2, 0.25) is 0 Å². The molecular formula is C15H16N4O2. The van der Waals surface area contributed by atoms with E-state index in [4.69, 9.17) is 0 Å². The molecule has 0 unspecified atom stereocenters. The molecule has 0 radical (unpaired) electrons. The van der Waals surface area contributed by atoms with Crippen molar-refractivity contribution in [3.8, 4) is 0 Å². The summed E-state index contributed by atoms with van der Waals surface area (Å²) in [6.45, 7) is 1.49. The Bertz CT molecular complexity index is 678. The first-order valence-electron chi connectivity index (χ1n) is 7.20. The zero-order valence-electron chi connectivity index (χ0n) is 11.8. The van der Waals surface area contributed by atoms with E-state index in [1.54, 1.807) is 18.0 Å². The van der Waals surface area contributed by atoms with Gasteiger partial charge in [-0.25, -0.2) is 0 Å². The standard InChI is InChI=1S/C15H16N4O2/c1-18-14(21)11-8-10(17-13(20)9-2-3-9)4-5-12(11)19-7-6-16-15(18)19/h4-5,8-9H,2-3,6-7H2,1H3,(H,17,20). The molecule has 1 fully saturated rings. The first-order valence-corrected chi connectivity index (χ1v) is 7.20. The molecule has 3 aliphatic rings. The minimum atomic E-state index is -0.0792. The number of carbonyl (C=O) groups excluding carboxylic acids is 2. The van der Waals surface area contributed by atoms with Gasteiger partial charge in [0.05, 0.1) is 17.8 Å². The van der Waals surface area contributed by atoms with Gasteiger partial charge in [-0.2, -0.15) is 0 Å². The third kappa shape index (κ3) is 1.90. The largest absolute Gasteiger partial charge is 0.326 e. The molecule has 0 bridgehead atoms. The highest BCUT2D eigenvalue weighted by molar-refractivity contribution is 6.19. The Morgan fingerprint density at radius 2 is 2.19 bits per heavy atom. The molecule has 4 rings (SSSR count). The SMILES string of the molecule is CN1C(=O)c2cc(NC(=O)C3CC3)ccc2N2CCN=C12. The zero-order valence-corrected chi connectivity index (χ0v) is 11.8. The van der Waals surface area contributed by atoms with Crippen molar-refractivity contribution in [2.75, 3.05) is 30.4 Å². The summed E-state index contributed by atoms with van der Waals surface area (Å²) in [7, 11) is 1.73. The van der Waals surface area contributed by atoms with Gasteiger partial charge >= 0.3 is 0 Å². The topological polar surface area (TPSA) is 65.0 Å². The van der Waals surface area contributed by atoms with Gasteiger partial charge in [0.1, 0.15) is 0 Å². The lowest BCUT2D eigenvalue weighted by Crippen LogP contribution is -2.48. The fourth-order valence-corrected chi connectivity index (χ4v) is 2.83. The molecule has 0 saturated heterocycles. The number of nitrogens with zero attached hydrogens (tertiary/aromatic N) is 3. The Hall–Kier alpha value is -2.37. The molecule has 1 N–H and O–H groups in total. The van der Waals surface area contributed by atoms with Gasteiger partial charge < -0.3 is 10.2 Å². The fraction of sp³-hybridized carbons (Fsp3) is 0.400. The second-order valence-corrected chi connectivity index (χ2v) is 5.69. The van der Waals surface area contributed by atoms with Gasteiger partial charge in [-0.3, -0.25) is 19.5 Å². The summed E-state index contributed by atoms with van der Waals surface area (Å²) in [5.41, 5.74) is 2.18. The van der Waals surface area contributed by atoms with E-state index in [-0.39, 0.29) is 17.7 Å². The van der Waals surface area contributed by atoms with Crippen molar-refractivity contribution in [3.05, 3.63) is 23.8 Å². The molecule has 2 aliphatic heterocycles. The molecule has 1 saturated carbocycles. The molecule has 21 heavy (non-hydrogen) atoms. The summed E-state index contributed by atoms with van der Waals surface area (Å²) in [6, 6.07) is 5.51. The lowest BCUT2D eigenvalue weighted by Gasteiger charge is -2.33. The van der Waals surface area contributed by atoms with Crippen molar-refractivity contribution in [2.24, 2.45) is 10.9 Å². The van der Waals surface area contributed by atoms with Gasteiger partial charge in [0.2, 0.25) is 11.9 Å². The van der Waals surface area contributed by atoms with Crippen molar-refractivity contribution in [2.45, 2.75) is 12.8 Å². The van der Waals surface area contributed by atoms with E-state index in [1.165, 1.54) is 0 Å². The number of fused-ring (bicyclic) bond motifs is 3. The van der Waals surface area contributed by atoms with Crippen LogP contribution in [0.3, 0.4) is 0 Å². The van der Waals surface area contributed by atoms with Crippen molar-refractivity contribution in [1.29, 1.82) is 0 Å². The summed E-state index contributed by atoms with van der Waals surface area (Å²) < 4.78 is 0. The number of amides is 2. The molecule has 108 valence electrons. The van der Waals surface area contributed by atoms with E-state index < -0.39 is 0 Å². The van der Waals surface area contributed by atoms with Crippen LogP contribution >= 0.6 is 0 Å². The van der Waals surface area contributed by atoms with Crippen LogP contribution in [0, 0.1) is 5.92 Å². The summed E-state index contributed by atoms with van der Waals surface area (Å²) in [5, 5.41) is 2.89. The molecular weight excluding hydrogens is 268 g/mol. The van der Waals surface area contributed by atoms with Crippen LogP contribution in [0.4, 0.5) is 11.4 Å². The van der Waals surface area contributed by atoms with Gasteiger partial charge in [-0.1, -0.05) is 0 Å². The molecule has 0 aromatic heterocycles. The van der Waals surface area contributed by atoms with Crippen LogP contribution in [0.25, 0.3) is 0 Å². The molecule has 2 amide bonds. The molecule has 0 atom stereocenters. The van der Waals surface area contributed by atoms with Crippen LogP contribution in [-0.4, -0.2) is 42.8 Å². The monoisotopic (exact) mass is 284 g/mol. The van der Waals surface area contributed by atoms with Gasteiger partial charge in [-0.15, -0.1) is 0 Å². The number of nitrogens with one attached hydrogen (secondary N) is 1. The van der Waals surface area contributed by atoms with Crippen LogP contribution in [-0.2, 0) is 4.79 Å². The maximum Gasteiger partial charge on any atom is 0.262 e. The number of guanidine groups is 1. The second kappa shape index (κ2) is 4.31. The predicted octanol–water partition coefficient (Wildman–Crippen LogP) is 1.30. The molecule has 2 heterocycles. The van der Waals surface area contributed by atoms with Gasteiger partial charge in [0.15, 0.2) is 0 Å². The predicted molar refractivity (Wildman–Crippen MR) is 79.5 cm³/mol. The minimum Gasteiger partial charge on any atom is -0.326 e. The highest BCUT2D eigenvalue weighted by atomic mass is 16.2. The summed E-state index contributed by atoms with van der Waals surface area (Å²) in [5.74, 6) is 0.832. The smallest absolute Gasteiger partial charge is 0.262 e. The van der Waals surface area contributed by atoms with Crippen LogP contribution in [0.5, 0.6) is 0 Å². The van der Waals surface area contributed by atoms with E-state index in [1.807, 2.05) is 17.0 Å². The molecule has 0 spiro atoms. The fourth-order valence-electron chi connectivity index (χ4n) is 2.83. The number of hydrogen-bond acceptors (Lipinski definition) is 4. The van der Waals surface area contributed by atoms with Crippen LogP contribution < -0.4 is 10.2 Å². The maximum atomic E-state index is 12.4. The number of benzene rings is 1. The van der Waals surface area contributed by atoms with Crippen molar-refractivity contribution in [3.63, 3.8) is 0 Å². The quantitative estimate of drug-likeness (QED) is 0.890. The van der Waals surface area contributed by atoms with Crippen molar-refractivity contribution in [1.82, 2.24) is 4.90 Å². The van der Waals surface area contributed by atoms with E-state index >= 15 is 0 Å². The molecule has 1 aromatic rings. The number of rotatable bonds is 2. The van der Waals surface area contributed by atoms with E-state index in [0.29, 0.717) is 23.8 Å². The Labute approximate surface area is 122 Å². The average Bonchev–Trinajstić information content (AvgIpc) is 3.22. The molecule has 1 aliphatic carbocycles. The number of carbonyl (C=O) groups is 2. The maximum absolute atomic E-state index is 12.4. The number of hydrogen-bond donors (Lipinski definition) is 1. The molecule has 1 aromatic carbocycles. The number of aliphatic imine (C=N–C) groups is 1. The highest BCUT2D eigenvalue weighted by Gasteiger charge is 2.35. The normalized spacial score (nSPS) is 20.0. The number of anilines is 2. The third-order valence-corrected chi connectivity index (χ3v) is 4.16. The van der Waals surface area contributed by atoms with Crippen molar-refractivity contribution < 1.29 is 9.59 Å².